The molecule has 2 aromatic heterocycles. The fourth-order valence-electron chi connectivity index (χ4n) is 3.31. The quantitative estimate of drug-likeness (QED) is 0.861. The van der Waals surface area contributed by atoms with E-state index < -0.39 is 9.84 Å². The van der Waals surface area contributed by atoms with E-state index in [1.807, 2.05) is 18.4 Å². The zero-order valence-electron chi connectivity index (χ0n) is 13.1. The minimum Gasteiger partial charge on any atom is -0.310 e. The van der Waals surface area contributed by atoms with Crippen LogP contribution in [0.5, 0.6) is 0 Å². The second-order valence-electron chi connectivity index (χ2n) is 6.10. The minimum atomic E-state index is -3.02. The lowest BCUT2D eigenvalue weighted by atomic mass is 10.1. The van der Waals surface area contributed by atoms with Crippen LogP contribution in [0.4, 0.5) is 5.82 Å². The molecule has 0 spiro atoms. The fourth-order valence-corrected chi connectivity index (χ4v) is 7.16. The summed E-state index contributed by atoms with van der Waals surface area (Å²) in [6, 6.07) is 3.87. The standard InChI is InChI=1S/C15H17N3O3S3/c1-9-13-14(11-3-2-5-22-11)23-7-12(19)16-15(13)18(17-9)10-4-6-24(20,21)8-10/h2-3,5,10,14H,4,6-8H2,1H3,(H,16,19). The van der Waals surface area contributed by atoms with Crippen LogP contribution in [0, 0.1) is 6.92 Å². The van der Waals surface area contributed by atoms with Crippen molar-refractivity contribution >= 4 is 44.7 Å². The number of thioether (sulfide) groups is 1. The lowest BCUT2D eigenvalue weighted by Gasteiger charge is -2.15. The number of hydrogen-bond donors (Lipinski definition) is 1. The van der Waals surface area contributed by atoms with E-state index in [2.05, 4.69) is 16.5 Å². The third kappa shape index (κ3) is 2.78. The van der Waals surface area contributed by atoms with Gasteiger partial charge in [0.1, 0.15) is 5.82 Å². The molecule has 1 saturated heterocycles. The molecule has 24 heavy (non-hydrogen) atoms. The normalized spacial score (nSPS) is 26.0. The second kappa shape index (κ2) is 5.89. The van der Waals surface area contributed by atoms with Crippen molar-refractivity contribution in [1.29, 1.82) is 0 Å². The van der Waals surface area contributed by atoms with Gasteiger partial charge < -0.3 is 5.32 Å². The third-order valence-corrected chi connectivity index (χ3v) is 8.48. The Kier molecular flexibility index (Phi) is 3.97. The molecule has 2 atom stereocenters. The van der Waals surface area contributed by atoms with E-state index in [0.29, 0.717) is 18.0 Å². The van der Waals surface area contributed by atoms with Gasteiger partial charge in [0, 0.05) is 10.4 Å². The van der Waals surface area contributed by atoms with Crippen LogP contribution in [0.15, 0.2) is 17.5 Å². The molecule has 0 bridgehead atoms. The van der Waals surface area contributed by atoms with Gasteiger partial charge in [0.2, 0.25) is 5.91 Å². The van der Waals surface area contributed by atoms with E-state index >= 15 is 0 Å². The maximum Gasteiger partial charge on any atom is 0.235 e. The van der Waals surface area contributed by atoms with Crippen LogP contribution in [0.3, 0.4) is 0 Å². The number of carbonyl (C=O) groups excluding carboxylic acids is 1. The molecule has 1 N–H and O–H groups in total. The maximum atomic E-state index is 12.2. The van der Waals surface area contributed by atoms with Gasteiger partial charge in [-0.25, -0.2) is 13.1 Å². The number of sulfone groups is 1. The summed E-state index contributed by atoms with van der Waals surface area (Å²) in [7, 11) is -3.02. The Hall–Kier alpha value is -1.32. The average Bonchev–Trinajstić information content (AvgIpc) is 3.20. The Balaban J connectivity index is 1.82. The van der Waals surface area contributed by atoms with Crippen LogP contribution >= 0.6 is 23.1 Å². The molecule has 2 aromatic rings. The molecule has 1 amide bonds. The zero-order valence-corrected chi connectivity index (χ0v) is 15.5. The highest BCUT2D eigenvalue weighted by molar-refractivity contribution is 8.00. The van der Waals surface area contributed by atoms with Crippen LogP contribution < -0.4 is 5.32 Å². The number of nitrogens with zero attached hydrogens (tertiary/aromatic N) is 2. The molecule has 0 radical (unpaired) electrons. The molecule has 0 aromatic carbocycles. The van der Waals surface area contributed by atoms with Crippen molar-refractivity contribution in [2.24, 2.45) is 0 Å². The number of nitrogens with one attached hydrogen (secondary N) is 1. The molecule has 4 heterocycles. The Labute approximate surface area is 148 Å². The van der Waals surface area contributed by atoms with Gasteiger partial charge in [-0.05, 0) is 24.8 Å². The average molecular weight is 384 g/mol. The Bertz CT molecular complexity index is 887. The Morgan fingerprint density at radius 2 is 2.25 bits per heavy atom. The number of fused-ring (bicyclic) bond motifs is 1. The van der Waals surface area contributed by atoms with Crippen LogP contribution in [-0.2, 0) is 14.6 Å². The number of amides is 1. The molecule has 2 aliphatic heterocycles. The van der Waals surface area contributed by atoms with Crippen molar-refractivity contribution in [2.75, 3.05) is 22.6 Å². The van der Waals surface area contributed by atoms with Crippen LogP contribution in [0.1, 0.15) is 33.8 Å². The van der Waals surface area contributed by atoms with Crippen molar-refractivity contribution in [2.45, 2.75) is 24.6 Å². The van der Waals surface area contributed by atoms with Crippen molar-refractivity contribution in [3.8, 4) is 0 Å². The highest BCUT2D eigenvalue weighted by Gasteiger charge is 2.36. The van der Waals surface area contributed by atoms with Crippen LogP contribution in [0.25, 0.3) is 0 Å². The van der Waals surface area contributed by atoms with Gasteiger partial charge in [-0.2, -0.15) is 5.10 Å². The van der Waals surface area contributed by atoms with Gasteiger partial charge in [-0.3, -0.25) is 4.79 Å². The number of anilines is 1. The Morgan fingerprint density at radius 3 is 2.92 bits per heavy atom. The minimum absolute atomic E-state index is 0.0470. The molecule has 2 unspecified atom stereocenters. The Morgan fingerprint density at radius 1 is 1.42 bits per heavy atom. The molecular formula is C15H17N3O3S3. The van der Waals surface area contributed by atoms with Crippen LogP contribution in [0.2, 0.25) is 0 Å². The molecule has 6 nitrogen and oxygen atoms in total. The van der Waals surface area contributed by atoms with Gasteiger partial charge >= 0.3 is 0 Å². The van der Waals surface area contributed by atoms with E-state index in [9.17, 15) is 13.2 Å². The van der Waals surface area contributed by atoms with Gasteiger partial charge in [-0.1, -0.05) is 6.07 Å². The van der Waals surface area contributed by atoms with Crippen molar-refractivity contribution in [3.05, 3.63) is 33.6 Å². The van der Waals surface area contributed by atoms with Crippen LogP contribution in [-0.4, -0.2) is 41.4 Å². The summed E-state index contributed by atoms with van der Waals surface area (Å²) in [5.41, 5.74) is 1.85. The molecule has 9 heteroatoms. The predicted octanol–water partition coefficient (Wildman–Crippen LogP) is 2.39. The summed E-state index contributed by atoms with van der Waals surface area (Å²) >= 11 is 3.25. The number of rotatable bonds is 2. The van der Waals surface area contributed by atoms with Gasteiger partial charge in [0.25, 0.3) is 0 Å². The first-order valence-electron chi connectivity index (χ1n) is 7.69. The predicted molar refractivity (Wildman–Crippen MR) is 96.5 cm³/mol. The van der Waals surface area contributed by atoms with E-state index in [0.717, 1.165) is 11.3 Å². The molecular weight excluding hydrogens is 366 g/mol. The van der Waals surface area contributed by atoms with Crippen molar-refractivity contribution in [3.63, 3.8) is 0 Å². The second-order valence-corrected chi connectivity index (χ2v) is 10.4. The van der Waals surface area contributed by atoms with Gasteiger partial charge in [-0.15, -0.1) is 23.1 Å². The van der Waals surface area contributed by atoms with E-state index in [1.54, 1.807) is 27.8 Å². The molecule has 0 aliphatic carbocycles. The SMILES string of the molecule is Cc1nn(C2CCS(=O)(=O)C2)c2c1C(c1cccs1)SCC(=O)N2. The number of aryl methyl sites for hydroxylation is 1. The highest BCUT2D eigenvalue weighted by atomic mass is 32.2. The molecule has 2 aliphatic rings. The molecule has 128 valence electrons. The summed E-state index contributed by atoms with van der Waals surface area (Å²) in [5.74, 6) is 1.25. The summed E-state index contributed by atoms with van der Waals surface area (Å²) < 4.78 is 25.4. The van der Waals surface area contributed by atoms with Gasteiger partial charge in [0.05, 0.1) is 34.2 Å². The molecule has 1 fully saturated rings. The zero-order chi connectivity index (χ0) is 16.9. The first-order chi connectivity index (χ1) is 11.4. The summed E-state index contributed by atoms with van der Waals surface area (Å²) in [6.45, 7) is 1.93. The number of thiophene rings is 1. The first-order valence-corrected chi connectivity index (χ1v) is 11.4. The van der Waals surface area contributed by atoms with Crippen molar-refractivity contribution in [1.82, 2.24) is 9.78 Å². The summed E-state index contributed by atoms with van der Waals surface area (Å²) in [5, 5.41) is 9.64. The molecule has 0 saturated carbocycles. The number of aromatic nitrogens is 2. The number of hydrogen-bond acceptors (Lipinski definition) is 6. The maximum absolute atomic E-state index is 12.2. The lowest BCUT2D eigenvalue weighted by Crippen LogP contribution is -2.20. The summed E-state index contributed by atoms with van der Waals surface area (Å²) in [4.78, 5) is 13.4. The van der Waals surface area contributed by atoms with Gasteiger partial charge in [0.15, 0.2) is 9.84 Å². The smallest absolute Gasteiger partial charge is 0.235 e. The molecule has 4 rings (SSSR count). The summed E-state index contributed by atoms with van der Waals surface area (Å²) in [6.07, 6.45) is 0.544. The van der Waals surface area contributed by atoms with Crippen molar-refractivity contribution < 1.29 is 13.2 Å². The van der Waals surface area contributed by atoms with E-state index in [4.69, 9.17) is 0 Å². The highest BCUT2D eigenvalue weighted by Crippen LogP contribution is 2.45. The van der Waals surface area contributed by atoms with E-state index in [1.165, 1.54) is 4.88 Å². The number of carbonyl (C=O) groups is 1. The van der Waals surface area contributed by atoms with E-state index in [-0.39, 0.29) is 28.7 Å². The monoisotopic (exact) mass is 383 g/mol. The topological polar surface area (TPSA) is 81.1 Å². The lowest BCUT2D eigenvalue weighted by molar-refractivity contribution is -0.113. The fraction of sp³-hybridized carbons (Fsp3) is 0.467. The first kappa shape index (κ1) is 16.2. The third-order valence-electron chi connectivity index (χ3n) is 4.39. The largest absolute Gasteiger partial charge is 0.310 e.